The molecule has 6 aromatic carbocycles. The van der Waals surface area contributed by atoms with Gasteiger partial charge in [0.2, 0.25) is 0 Å². The third-order valence-electron chi connectivity index (χ3n) is 8.03. The first kappa shape index (κ1) is 22.7. The molecule has 2 heterocycles. The molecule has 0 radical (unpaired) electrons. The van der Waals surface area contributed by atoms with Gasteiger partial charge in [-0.1, -0.05) is 84.9 Å². The summed E-state index contributed by atoms with van der Waals surface area (Å²) in [6.45, 7) is 0. The van der Waals surface area contributed by atoms with E-state index >= 15 is 0 Å². The van der Waals surface area contributed by atoms with E-state index in [2.05, 4.69) is 144 Å². The van der Waals surface area contributed by atoms with Gasteiger partial charge in [-0.2, -0.15) is 0 Å². The molecule has 2 aromatic heterocycles. The lowest BCUT2D eigenvalue weighted by Crippen LogP contribution is -2.09. The Bertz CT molecular complexity index is 2170. The van der Waals surface area contributed by atoms with Crippen molar-refractivity contribution in [1.82, 2.24) is 4.57 Å². The van der Waals surface area contributed by atoms with Crippen molar-refractivity contribution in [2.45, 2.75) is 0 Å². The van der Waals surface area contributed by atoms with E-state index in [0.29, 0.717) is 0 Å². The van der Waals surface area contributed by atoms with Crippen LogP contribution in [-0.4, -0.2) is 11.6 Å². The van der Waals surface area contributed by atoms with Gasteiger partial charge in [0.25, 0.3) is 0 Å². The maximum atomic E-state index is 6.28. The number of rotatable bonds is 4. The SMILES string of the molecule is CN(c1ccc(-c2cccc3c2oc2ccccc23)cc1)c1ccc2c(c1)c1ccccc1n2-c1ccccc1. The second-order valence-electron chi connectivity index (χ2n) is 10.3. The molecule has 0 aliphatic heterocycles. The maximum Gasteiger partial charge on any atom is 0.143 e. The summed E-state index contributed by atoms with van der Waals surface area (Å²) in [6.07, 6.45) is 0. The van der Waals surface area contributed by atoms with Crippen LogP contribution in [-0.2, 0) is 0 Å². The monoisotopic (exact) mass is 514 g/mol. The van der Waals surface area contributed by atoms with E-state index < -0.39 is 0 Å². The predicted molar refractivity (Wildman–Crippen MR) is 168 cm³/mol. The normalized spacial score (nSPS) is 11.6. The third-order valence-corrected chi connectivity index (χ3v) is 8.03. The van der Waals surface area contributed by atoms with Gasteiger partial charge in [0.1, 0.15) is 11.2 Å². The zero-order valence-electron chi connectivity index (χ0n) is 22.1. The van der Waals surface area contributed by atoms with E-state index in [1.165, 1.54) is 27.5 Å². The fourth-order valence-corrected chi connectivity index (χ4v) is 6.01. The average Bonchev–Trinajstić information content (AvgIpc) is 3.57. The van der Waals surface area contributed by atoms with E-state index in [9.17, 15) is 0 Å². The average molecular weight is 515 g/mol. The number of hydrogen-bond donors (Lipinski definition) is 0. The lowest BCUT2D eigenvalue weighted by Gasteiger charge is -2.20. The number of aromatic nitrogens is 1. The number of nitrogens with zero attached hydrogens (tertiary/aromatic N) is 2. The van der Waals surface area contributed by atoms with Gasteiger partial charge in [-0.15, -0.1) is 0 Å². The Labute approximate surface area is 232 Å². The molecular weight excluding hydrogens is 488 g/mol. The number of hydrogen-bond acceptors (Lipinski definition) is 2. The van der Waals surface area contributed by atoms with Gasteiger partial charge in [0.05, 0.1) is 11.0 Å². The van der Waals surface area contributed by atoms with E-state index in [4.69, 9.17) is 4.42 Å². The van der Waals surface area contributed by atoms with Crippen molar-refractivity contribution in [3.63, 3.8) is 0 Å². The van der Waals surface area contributed by atoms with Crippen molar-refractivity contribution in [2.75, 3.05) is 11.9 Å². The topological polar surface area (TPSA) is 21.3 Å². The van der Waals surface area contributed by atoms with Crippen molar-refractivity contribution < 1.29 is 4.42 Å². The fraction of sp³-hybridized carbons (Fsp3) is 0.0270. The summed E-state index contributed by atoms with van der Waals surface area (Å²) in [5.41, 5.74) is 9.98. The summed E-state index contributed by atoms with van der Waals surface area (Å²) in [4.78, 5) is 2.25. The molecule has 3 heteroatoms. The second kappa shape index (κ2) is 8.89. The lowest BCUT2D eigenvalue weighted by atomic mass is 10.0. The summed E-state index contributed by atoms with van der Waals surface area (Å²) in [6, 6.07) is 49.4. The van der Waals surface area contributed by atoms with Crippen LogP contribution >= 0.6 is 0 Å². The van der Waals surface area contributed by atoms with Gasteiger partial charge in [-0.25, -0.2) is 0 Å². The van der Waals surface area contributed by atoms with Crippen LogP contribution in [0.4, 0.5) is 11.4 Å². The van der Waals surface area contributed by atoms with Gasteiger partial charge >= 0.3 is 0 Å². The molecule has 0 saturated heterocycles. The highest BCUT2D eigenvalue weighted by Crippen LogP contribution is 2.38. The van der Waals surface area contributed by atoms with Crippen LogP contribution in [0.1, 0.15) is 0 Å². The van der Waals surface area contributed by atoms with Crippen LogP contribution in [0.3, 0.4) is 0 Å². The quantitative estimate of drug-likeness (QED) is 0.233. The summed E-state index contributed by atoms with van der Waals surface area (Å²) >= 11 is 0. The van der Waals surface area contributed by atoms with E-state index in [1.807, 2.05) is 12.1 Å². The largest absolute Gasteiger partial charge is 0.455 e. The van der Waals surface area contributed by atoms with E-state index in [-0.39, 0.29) is 0 Å². The molecule has 8 aromatic rings. The summed E-state index contributed by atoms with van der Waals surface area (Å²) in [7, 11) is 2.13. The molecule has 0 atom stereocenters. The van der Waals surface area contributed by atoms with Gasteiger partial charge in [-0.3, -0.25) is 0 Å². The Morgan fingerprint density at radius 2 is 1.20 bits per heavy atom. The zero-order valence-corrected chi connectivity index (χ0v) is 22.1. The molecule has 0 amide bonds. The minimum atomic E-state index is 0.922. The summed E-state index contributed by atoms with van der Waals surface area (Å²) in [5.74, 6) is 0. The lowest BCUT2D eigenvalue weighted by molar-refractivity contribution is 0.670. The molecule has 0 aliphatic carbocycles. The molecule has 3 nitrogen and oxygen atoms in total. The molecule has 190 valence electrons. The molecule has 0 bridgehead atoms. The Morgan fingerprint density at radius 3 is 2.05 bits per heavy atom. The van der Waals surface area contributed by atoms with Crippen LogP contribution < -0.4 is 4.90 Å². The molecule has 0 fully saturated rings. The van der Waals surface area contributed by atoms with Crippen molar-refractivity contribution in [3.05, 3.63) is 140 Å². The van der Waals surface area contributed by atoms with Crippen molar-refractivity contribution in [3.8, 4) is 16.8 Å². The van der Waals surface area contributed by atoms with Crippen LogP contribution in [0, 0.1) is 0 Å². The smallest absolute Gasteiger partial charge is 0.143 e. The molecule has 0 spiro atoms. The maximum absolute atomic E-state index is 6.28. The van der Waals surface area contributed by atoms with Crippen molar-refractivity contribution in [1.29, 1.82) is 0 Å². The molecule has 40 heavy (non-hydrogen) atoms. The highest BCUT2D eigenvalue weighted by molar-refractivity contribution is 6.11. The summed E-state index contributed by atoms with van der Waals surface area (Å²) < 4.78 is 8.63. The molecule has 0 saturated carbocycles. The Kier molecular flexibility index (Phi) is 5.04. The Morgan fingerprint density at radius 1 is 0.525 bits per heavy atom. The zero-order chi connectivity index (χ0) is 26.6. The number of anilines is 2. The fourth-order valence-electron chi connectivity index (χ4n) is 6.01. The number of furan rings is 1. The Hall–Kier alpha value is -5.28. The molecule has 8 rings (SSSR count). The summed E-state index contributed by atoms with van der Waals surface area (Å²) in [5, 5.41) is 4.81. The minimum absolute atomic E-state index is 0.922. The van der Waals surface area contributed by atoms with Crippen LogP contribution in [0.25, 0.3) is 60.6 Å². The van der Waals surface area contributed by atoms with E-state index in [1.54, 1.807) is 0 Å². The molecular formula is C37H26N2O. The molecule has 0 unspecified atom stereocenters. The third kappa shape index (κ3) is 3.45. The first-order chi connectivity index (χ1) is 19.8. The van der Waals surface area contributed by atoms with Crippen LogP contribution in [0.2, 0.25) is 0 Å². The molecule has 0 N–H and O–H groups in total. The Balaban J connectivity index is 1.19. The van der Waals surface area contributed by atoms with Crippen molar-refractivity contribution >= 4 is 55.1 Å². The predicted octanol–water partition coefficient (Wildman–Crippen LogP) is 10.1. The molecule has 0 aliphatic rings. The van der Waals surface area contributed by atoms with Crippen LogP contribution in [0.5, 0.6) is 0 Å². The minimum Gasteiger partial charge on any atom is -0.455 e. The first-order valence-corrected chi connectivity index (χ1v) is 13.6. The van der Waals surface area contributed by atoms with Crippen molar-refractivity contribution in [2.24, 2.45) is 0 Å². The highest BCUT2D eigenvalue weighted by atomic mass is 16.3. The standard InChI is InChI=1S/C37H26N2O/c1-38(26-20-18-25(19-21-26)29-14-9-15-32-31-13-6-8-17-36(31)40-37(29)32)28-22-23-35-33(24-28)30-12-5-7-16-34(30)39(35)27-10-3-2-4-11-27/h2-24H,1H3. The highest BCUT2D eigenvalue weighted by Gasteiger charge is 2.15. The van der Waals surface area contributed by atoms with Gasteiger partial charge < -0.3 is 13.9 Å². The second-order valence-corrected chi connectivity index (χ2v) is 10.3. The number of fused-ring (bicyclic) bond motifs is 6. The first-order valence-electron chi connectivity index (χ1n) is 13.6. The van der Waals surface area contributed by atoms with E-state index in [0.717, 1.165) is 44.4 Å². The number of para-hydroxylation sites is 4. The van der Waals surface area contributed by atoms with Gasteiger partial charge in [0, 0.05) is 51.2 Å². The van der Waals surface area contributed by atoms with Crippen LogP contribution in [0.15, 0.2) is 144 Å². The number of benzene rings is 6. The van der Waals surface area contributed by atoms with Gasteiger partial charge in [0.15, 0.2) is 0 Å². The van der Waals surface area contributed by atoms with Gasteiger partial charge in [-0.05, 0) is 60.2 Å².